The Morgan fingerprint density at radius 2 is 1.60 bits per heavy atom. The van der Waals surface area contributed by atoms with Gasteiger partial charge in [0.15, 0.2) is 0 Å². The number of likely N-dealkylation sites (N-methyl/N-ethyl adjacent to an activating group) is 1. The van der Waals surface area contributed by atoms with Crippen molar-refractivity contribution < 1.29 is 22.8 Å². The fourth-order valence-corrected chi connectivity index (χ4v) is 3.36. The molecule has 2 aromatic rings. The number of nitrogens with one attached hydrogen (secondary N) is 1. The first-order chi connectivity index (χ1) is 14.2. The van der Waals surface area contributed by atoms with Gasteiger partial charge in [0.25, 0.3) is 0 Å². The molecule has 1 N–H and O–H groups in total. The quantitative estimate of drug-likeness (QED) is 0.628. The normalized spacial score (nSPS) is 13.4. The van der Waals surface area contributed by atoms with Crippen molar-refractivity contribution in [2.45, 2.75) is 39.3 Å². The molecule has 0 saturated carbocycles. The summed E-state index contributed by atoms with van der Waals surface area (Å²) in [5.74, 6) is -1.26. The number of rotatable bonds is 8. The Morgan fingerprint density at radius 3 is 2.17 bits per heavy atom. The molecule has 2 aromatic carbocycles. The largest absolute Gasteiger partial charge is 0.418 e. The second-order valence-corrected chi connectivity index (χ2v) is 7.22. The van der Waals surface area contributed by atoms with E-state index in [9.17, 15) is 22.8 Å². The van der Waals surface area contributed by atoms with Crippen LogP contribution >= 0.6 is 0 Å². The Labute approximate surface area is 175 Å². The molecule has 0 fully saturated rings. The lowest BCUT2D eigenvalue weighted by Gasteiger charge is -2.29. The van der Waals surface area contributed by atoms with Crippen LogP contribution in [-0.4, -0.2) is 29.8 Å². The smallest absolute Gasteiger partial charge is 0.333 e. The van der Waals surface area contributed by atoms with Gasteiger partial charge in [0, 0.05) is 6.54 Å². The van der Waals surface area contributed by atoms with Crippen LogP contribution in [0.5, 0.6) is 0 Å². The number of nitrogens with zero attached hydrogens (tertiary/aromatic N) is 1. The van der Waals surface area contributed by atoms with Crippen LogP contribution in [0.25, 0.3) is 0 Å². The van der Waals surface area contributed by atoms with Crippen molar-refractivity contribution in [2.24, 2.45) is 5.92 Å². The van der Waals surface area contributed by atoms with Crippen molar-refractivity contribution in [3.05, 3.63) is 65.7 Å². The summed E-state index contributed by atoms with van der Waals surface area (Å²) < 4.78 is 39.5. The van der Waals surface area contributed by atoms with Crippen LogP contribution in [0.1, 0.15) is 44.2 Å². The third-order valence-corrected chi connectivity index (χ3v) is 5.17. The third-order valence-electron chi connectivity index (χ3n) is 5.17. The molecule has 0 bridgehead atoms. The van der Waals surface area contributed by atoms with E-state index in [0.29, 0.717) is 0 Å². The molecule has 0 heterocycles. The van der Waals surface area contributed by atoms with Crippen molar-refractivity contribution in [2.75, 3.05) is 18.4 Å². The van der Waals surface area contributed by atoms with Gasteiger partial charge in [0.1, 0.15) is 0 Å². The van der Waals surface area contributed by atoms with Gasteiger partial charge in [-0.1, -0.05) is 62.7 Å². The topological polar surface area (TPSA) is 49.4 Å². The zero-order chi connectivity index (χ0) is 22.3. The molecule has 0 spiro atoms. The lowest BCUT2D eigenvalue weighted by molar-refractivity contribution is -0.138. The minimum absolute atomic E-state index is 0.0444. The number of hydrogen-bond acceptors (Lipinski definition) is 2. The van der Waals surface area contributed by atoms with Gasteiger partial charge >= 0.3 is 6.18 Å². The number of carbonyl (C=O) groups excluding carboxylic acids is 2. The standard InChI is InChI=1S/C23H27F3N2O2/c1-4-16(3)21(17-11-7-6-8-12-17)22(30)28(5-2)15-20(29)27-19-14-10-9-13-18(19)23(24,25)26/h6-14,16,21H,4-5,15H2,1-3H3,(H,27,29). The van der Waals surface area contributed by atoms with E-state index < -0.39 is 23.6 Å². The van der Waals surface area contributed by atoms with Gasteiger partial charge in [-0.25, -0.2) is 0 Å². The third kappa shape index (κ3) is 5.84. The van der Waals surface area contributed by atoms with Crippen molar-refractivity contribution >= 4 is 17.5 Å². The van der Waals surface area contributed by atoms with E-state index in [1.165, 1.54) is 23.1 Å². The highest BCUT2D eigenvalue weighted by Gasteiger charge is 2.34. The number of para-hydroxylation sites is 1. The summed E-state index contributed by atoms with van der Waals surface area (Å²) in [4.78, 5) is 27.1. The van der Waals surface area contributed by atoms with E-state index in [4.69, 9.17) is 0 Å². The average Bonchev–Trinajstić information content (AvgIpc) is 2.72. The van der Waals surface area contributed by atoms with E-state index in [0.717, 1.165) is 18.1 Å². The SMILES string of the molecule is CCC(C)C(C(=O)N(CC)CC(=O)Nc1ccccc1C(F)(F)F)c1ccccc1. The molecule has 7 heteroatoms. The lowest BCUT2D eigenvalue weighted by atomic mass is 9.84. The average molecular weight is 420 g/mol. The lowest BCUT2D eigenvalue weighted by Crippen LogP contribution is -2.42. The molecule has 0 aromatic heterocycles. The molecular weight excluding hydrogens is 393 g/mol. The van der Waals surface area contributed by atoms with Gasteiger partial charge in [-0.15, -0.1) is 0 Å². The number of benzene rings is 2. The molecule has 2 rings (SSSR count). The molecule has 0 aliphatic heterocycles. The summed E-state index contributed by atoms with van der Waals surface area (Å²) in [6.45, 7) is 5.66. The Kier molecular flexibility index (Phi) is 8.03. The van der Waals surface area contributed by atoms with E-state index >= 15 is 0 Å². The summed E-state index contributed by atoms with van der Waals surface area (Å²) in [6, 6.07) is 14.1. The predicted octanol–water partition coefficient (Wildman–Crippen LogP) is 5.32. The first-order valence-corrected chi connectivity index (χ1v) is 9.98. The molecule has 4 nitrogen and oxygen atoms in total. The minimum atomic E-state index is -4.58. The number of amides is 2. The zero-order valence-electron chi connectivity index (χ0n) is 17.4. The van der Waals surface area contributed by atoms with E-state index in [2.05, 4.69) is 5.32 Å². The van der Waals surface area contributed by atoms with E-state index in [1.54, 1.807) is 6.92 Å². The fourth-order valence-electron chi connectivity index (χ4n) is 3.36. The number of halogens is 3. The maximum Gasteiger partial charge on any atom is 0.418 e. The first-order valence-electron chi connectivity index (χ1n) is 9.98. The number of alkyl halides is 3. The van der Waals surface area contributed by atoms with Crippen LogP contribution < -0.4 is 5.32 Å². The fraction of sp³-hybridized carbons (Fsp3) is 0.391. The number of anilines is 1. The van der Waals surface area contributed by atoms with Gasteiger partial charge in [0.05, 0.1) is 23.7 Å². The molecular formula is C23H27F3N2O2. The monoisotopic (exact) mass is 420 g/mol. The van der Waals surface area contributed by atoms with Crippen molar-refractivity contribution in [1.29, 1.82) is 0 Å². The van der Waals surface area contributed by atoms with Gasteiger partial charge in [0.2, 0.25) is 11.8 Å². The summed E-state index contributed by atoms with van der Waals surface area (Å²) in [7, 11) is 0. The number of hydrogen-bond donors (Lipinski definition) is 1. The van der Waals surface area contributed by atoms with E-state index in [1.807, 2.05) is 44.2 Å². The maximum atomic E-state index is 13.3. The second-order valence-electron chi connectivity index (χ2n) is 7.22. The Morgan fingerprint density at radius 1 is 1.00 bits per heavy atom. The van der Waals surface area contributed by atoms with Crippen LogP contribution in [0.15, 0.2) is 54.6 Å². The minimum Gasteiger partial charge on any atom is -0.333 e. The molecule has 0 radical (unpaired) electrons. The molecule has 2 atom stereocenters. The second kappa shape index (κ2) is 10.3. The van der Waals surface area contributed by atoms with Crippen LogP contribution in [0.3, 0.4) is 0 Å². The van der Waals surface area contributed by atoms with Gasteiger partial charge in [-0.3, -0.25) is 9.59 Å². The van der Waals surface area contributed by atoms with Gasteiger partial charge < -0.3 is 10.2 Å². The van der Waals surface area contributed by atoms with Crippen LogP contribution in [0.2, 0.25) is 0 Å². The first kappa shape index (κ1) is 23.4. The molecule has 0 aliphatic rings. The molecule has 0 saturated heterocycles. The van der Waals surface area contributed by atoms with Crippen LogP contribution in [0.4, 0.5) is 18.9 Å². The maximum absolute atomic E-state index is 13.3. The summed E-state index contributed by atoms with van der Waals surface area (Å²) in [5.41, 5.74) is -0.382. The molecule has 30 heavy (non-hydrogen) atoms. The summed E-state index contributed by atoms with van der Waals surface area (Å²) in [6.07, 6.45) is -3.81. The summed E-state index contributed by atoms with van der Waals surface area (Å²) in [5, 5.41) is 2.31. The highest BCUT2D eigenvalue weighted by atomic mass is 19.4. The van der Waals surface area contributed by atoms with Crippen molar-refractivity contribution in [1.82, 2.24) is 4.90 Å². The summed E-state index contributed by atoms with van der Waals surface area (Å²) >= 11 is 0. The van der Waals surface area contributed by atoms with Crippen molar-refractivity contribution in [3.8, 4) is 0 Å². The molecule has 2 amide bonds. The molecule has 162 valence electrons. The van der Waals surface area contributed by atoms with Crippen LogP contribution in [0, 0.1) is 5.92 Å². The Balaban J connectivity index is 2.19. The predicted molar refractivity (Wildman–Crippen MR) is 111 cm³/mol. The highest BCUT2D eigenvalue weighted by Crippen LogP contribution is 2.34. The number of carbonyl (C=O) groups is 2. The highest BCUT2D eigenvalue weighted by molar-refractivity contribution is 5.96. The van der Waals surface area contributed by atoms with Gasteiger partial charge in [-0.2, -0.15) is 13.2 Å². The molecule has 2 unspecified atom stereocenters. The molecule has 0 aliphatic carbocycles. The zero-order valence-corrected chi connectivity index (χ0v) is 17.4. The van der Waals surface area contributed by atoms with Crippen LogP contribution in [-0.2, 0) is 15.8 Å². The van der Waals surface area contributed by atoms with E-state index in [-0.39, 0.29) is 30.6 Å². The Hall–Kier alpha value is -2.83. The van der Waals surface area contributed by atoms with Crippen molar-refractivity contribution in [3.63, 3.8) is 0 Å². The van der Waals surface area contributed by atoms with Gasteiger partial charge in [-0.05, 0) is 30.5 Å². The Bertz CT molecular complexity index is 853.